The number of nitrogens with one attached hydrogen (secondary N) is 1. The van der Waals surface area contributed by atoms with Gasteiger partial charge in [0.25, 0.3) is 5.91 Å². The maximum Gasteiger partial charge on any atom is 0.338 e. The maximum absolute atomic E-state index is 12.3. The Bertz CT molecular complexity index is 1070. The third-order valence-corrected chi connectivity index (χ3v) is 4.70. The van der Waals surface area contributed by atoms with Crippen molar-refractivity contribution in [1.29, 1.82) is 0 Å². The van der Waals surface area contributed by atoms with Gasteiger partial charge in [-0.1, -0.05) is 26.0 Å². The van der Waals surface area contributed by atoms with Crippen LogP contribution in [-0.2, 0) is 19.1 Å². The predicted octanol–water partition coefficient (Wildman–Crippen LogP) is 2.89. The van der Waals surface area contributed by atoms with Crippen LogP contribution in [0.1, 0.15) is 30.6 Å². The molecule has 0 aliphatic heterocycles. The summed E-state index contributed by atoms with van der Waals surface area (Å²) in [4.78, 5) is 40.6. The number of amides is 1. The number of nitrogens with zero attached hydrogens (tertiary/aromatic N) is 2. The molecule has 1 aromatic heterocycles. The number of esters is 2. The summed E-state index contributed by atoms with van der Waals surface area (Å²) in [5.41, 5.74) is 2.99. The fourth-order valence-electron chi connectivity index (χ4n) is 3.20. The molecule has 0 radical (unpaired) electrons. The molecule has 0 saturated carbocycles. The summed E-state index contributed by atoms with van der Waals surface area (Å²) in [6.07, 6.45) is 2.15. The van der Waals surface area contributed by atoms with Crippen molar-refractivity contribution in [3.05, 3.63) is 60.4 Å². The summed E-state index contributed by atoms with van der Waals surface area (Å²) in [6.45, 7) is 3.37. The minimum atomic E-state index is -0.777. The smallest absolute Gasteiger partial charge is 0.338 e. The number of rotatable bonds is 8. The van der Waals surface area contributed by atoms with Crippen LogP contribution in [-0.4, -0.2) is 47.2 Å². The largest absolute Gasteiger partial charge is 0.467 e. The summed E-state index contributed by atoms with van der Waals surface area (Å²) < 4.78 is 11.7. The van der Waals surface area contributed by atoms with Crippen LogP contribution >= 0.6 is 0 Å². The summed E-state index contributed by atoms with van der Waals surface area (Å²) in [5.74, 6) is -1.55. The van der Waals surface area contributed by atoms with E-state index in [4.69, 9.17) is 9.47 Å². The van der Waals surface area contributed by atoms with Gasteiger partial charge < -0.3 is 14.8 Å². The summed E-state index contributed by atoms with van der Waals surface area (Å²) in [6, 6.07) is 13.8. The number of ether oxygens (including phenoxy) is 2. The quantitative estimate of drug-likeness (QED) is 0.560. The van der Waals surface area contributed by atoms with Crippen molar-refractivity contribution in [3.63, 3.8) is 0 Å². The highest BCUT2D eigenvalue weighted by molar-refractivity contribution is 5.92. The SMILES string of the molecule is COC(=O)[C@H](CC(C)C)NC(=O)COC(=O)c1ccc(-n2cnc3ccccc32)cc1. The number of hydrogen-bond acceptors (Lipinski definition) is 6. The normalized spacial score (nSPS) is 11.9. The van der Waals surface area contributed by atoms with Gasteiger partial charge in [-0.15, -0.1) is 0 Å². The van der Waals surface area contributed by atoms with E-state index in [0.29, 0.717) is 12.0 Å². The maximum atomic E-state index is 12.3. The average Bonchev–Trinajstić information content (AvgIpc) is 3.20. The van der Waals surface area contributed by atoms with E-state index in [-0.39, 0.29) is 5.92 Å². The van der Waals surface area contributed by atoms with Gasteiger partial charge in [-0.25, -0.2) is 14.6 Å². The Morgan fingerprint density at radius 1 is 1.06 bits per heavy atom. The van der Waals surface area contributed by atoms with Crippen LogP contribution in [0.4, 0.5) is 0 Å². The van der Waals surface area contributed by atoms with Crippen molar-refractivity contribution in [1.82, 2.24) is 14.9 Å². The van der Waals surface area contributed by atoms with E-state index >= 15 is 0 Å². The lowest BCUT2D eigenvalue weighted by Gasteiger charge is -2.18. The Morgan fingerprint density at radius 2 is 1.77 bits per heavy atom. The van der Waals surface area contributed by atoms with Crippen molar-refractivity contribution in [2.45, 2.75) is 26.3 Å². The first-order valence-corrected chi connectivity index (χ1v) is 9.96. The lowest BCUT2D eigenvalue weighted by Crippen LogP contribution is -2.44. The highest BCUT2D eigenvalue weighted by Crippen LogP contribution is 2.18. The van der Waals surface area contributed by atoms with Gasteiger partial charge in [0.05, 0.1) is 23.7 Å². The second kappa shape index (κ2) is 9.88. The Balaban J connectivity index is 1.59. The zero-order chi connectivity index (χ0) is 22.4. The molecule has 3 aromatic rings. The van der Waals surface area contributed by atoms with Gasteiger partial charge in [0, 0.05) is 5.69 Å². The highest BCUT2D eigenvalue weighted by Gasteiger charge is 2.23. The molecule has 1 amide bonds. The molecule has 1 N–H and O–H groups in total. The molecule has 8 heteroatoms. The zero-order valence-electron chi connectivity index (χ0n) is 17.7. The molecule has 0 bridgehead atoms. The van der Waals surface area contributed by atoms with Gasteiger partial charge in [-0.3, -0.25) is 9.36 Å². The van der Waals surface area contributed by atoms with Crippen LogP contribution in [0.15, 0.2) is 54.9 Å². The van der Waals surface area contributed by atoms with Crippen LogP contribution < -0.4 is 5.32 Å². The molecular weight excluding hydrogens is 398 g/mol. The van der Waals surface area contributed by atoms with Crippen molar-refractivity contribution in [2.24, 2.45) is 5.92 Å². The van der Waals surface area contributed by atoms with Gasteiger partial charge in [-0.05, 0) is 48.7 Å². The van der Waals surface area contributed by atoms with Crippen molar-refractivity contribution >= 4 is 28.9 Å². The van der Waals surface area contributed by atoms with E-state index in [2.05, 4.69) is 10.3 Å². The first-order chi connectivity index (χ1) is 14.9. The number of carbonyl (C=O) groups excluding carboxylic acids is 3. The van der Waals surface area contributed by atoms with Crippen molar-refractivity contribution in [3.8, 4) is 5.69 Å². The second-order valence-electron chi connectivity index (χ2n) is 7.50. The lowest BCUT2D eigenvalue weighted by molar-refractivity contribution is -0.145. The van der Waals surface area contributed by atoms with E-state index in [1.807, 2.05) is 42.7 Å². The minimum absolute atomic E-state index is 0.179. The fraction of sp³-hybridized carbons (Fsp3) is 0.304. The third kappa shape index (κ3) is 5.48. The number of benzene rings is 2. The van der Waals surface area contributed by atoms with E-state index in [1.54, 1.807) is 30.6 Å². The number of methoxy groups -OCH3 is 1. The fourth-order valence-corrected chi connectivity index (χ4v) is 3.20. The number of carbonyl (C=O) groups is 3. The van der Waals surface area contributed by atoms with Gasteiger partial charge in [0.15, 0.2) is 6.61 Å². The molecule has 31 heavy (non-hydrogen) atoms. The van der Waals surface area contributed by atoms with Crippen molar-refractivity contribution in [2.75, 3.05) is 13.7 Å². The summed E-state index contributed by atoms with van der Waals surface area (Å²) >= 11 is 0. The average molecular weight is 423 g/mol. The van der Waals surface area contributed by atoms with E-state index in [1.165, 1.54) is 7.11 Å². The molecule has 2 aromatic carbocycles. The van der Waals surface area contributed by atoms with Gasteiger partial charge in [0.2, 0.25) is 0 Å². The van der Waals surface area contributed by atoms with Crippen LogP contribution in [0.25, 0.3) is 16.7 Å². The lowest BCUT2D eigenvalue weighted by atomic mass is 10.0. The minimum Gasteiger partial charge on any atom is -0.467 e. The first kappa shape index (κ1) is 22.0. The molecule has 0 aliphatic rings. The number of para-hydroxylation sites is 2. The highest BCUT2D eigenvalue weighted by atomic mass is 16.5. The Hall–Kier alpha value is -3.68. The number of imidazole rings is 1. The molecule has 8 nitrogen and oxygen atoms in total. The second-order valence-corrected chi connectivity index (χ2v) is 7.50. The Morgan fingerprint density at radius 3 is 2.45 bits per heavy atom. The monoisotopic (exact) mass is 423 g/mol. The number of fused-ring (bicyclic) bond motifs is 1. The van der Waals surface area contributed by atoms with E-state index in [9.17, 15) is 14.4 Å². The van der Waals surface area contributed by atoms with Crippen LogP contribution in [0.3, 0.4) is 0 Å². The molecule has 1 heterocycles. The summed E-state index contributed by atoms with van der Waals surface area (Å²) in [7, 11) is 1.26. The molecule has 1 atom stereocenters. The van der Waals surface area contributed by atoms with Crippen LogP contribution in [0.5, 0.6) is 0 Å². The predicted molar refractivity (Wildman–Crippen MR) is 115 cm³/mol. The van der Waals surface area contributed by atoms with Gasteiger partial charge >= 0.3 is 11.9 Å². The standard InChI is InChI=1S/C23H25N3O5/c1-15(2)12-19(23(29)30-3)25-21(27)13-31-22(28)16-8-10-17(11-9-16)26-14-24-18-6-4-5-7-20(18)26/h4-11,14-15,19H,12-13H2,1-3H3,(H,25,27)/t19-/m0/s1. The van der Waals surface area contributed by atoms with Crippen LogP contribution in [0, 0.1) is 5.92 Å². The zero-order valence-corrected chi connectivity index (χ0v) is 17.7. The van der Waals surface area contributed by atoms with Gasteiger partial charge in [-0.2, -0.15) is 0 Å². The molecule has 0 spiro atoms. The topological polar surface area (TPSA) is 99.5 Å². The van der Waals surface area contributed by atoms with E-state index < -0.39 is 30.5 Å². The molecule has 0 fully saturated rings. The first-order valence-electron chi connectivity index (χ1n) is 9.96. The molecule has 0 saturated heterocycles. The number of aromatic nitrogens is 2. The Labute approximate surface area is 180 Å². The molecule has 162 valence electrons. The molecule has 0 unspecified atom stereocenters. The van der Waals surface area contributed by atoms with Gasteiger partial charge in [0.1, 0.15) is 12.4 Å². The number of hydrogen-bond donors (Lipinski definition) is 1. The third-order valence-electron chi connectivity index (χ3n) is 4.70. The van der Waals surface area contributed by atoms with Crippen LogP contribution in [0.2, 0.25) is 0 Å². The van der Waals surface area contributed by atoms with E-state index in [0.717, 1.165) is 16.7 Å². The molecule has 0 aliphatic carbocycles. The molecule has 3 rings (SSSR count). The van der Waals surface area contributed by atoms with Crippen molar-refractivity contribution < 1.29 is 23.9 Å². The molecular formula is C23H25N3O5. The summed E-state index contributed by atoms with van der Waals surface area (Å²) in [5, 5.41) is 2.55. The Kier molecular flexibility index (Phi) is 7.02.